The Labute approximate surface area is 242 Å². The molecule has 1 aromatic heterocycles. The molecule has 0 saturated heterocycles. The molecule has 5 nitrogen and oxygen atoms in total. The van der Waals surface area contributed by atoms with Crippen LogP contribution in [0.5, 0.6) is 5.75 Å². The van der Waals surface area contributed by atoms with Gasteiger partial charge in [-0.3, -0.25) is 4.79 Å². The van der Waals surface area contributed by atoms with Crippen LogP contribution in [-0.2, 0) is 19.4 Å². The molecule has 190 valence electrons. The number of hydrogen-bond acceptors (Lipinski definition) is 5. The van der Waals surface area contributed by atoms with Gasteiger partial charge in [0, 0.05) is 26.8 Å². The molecule has 1 aliphatic carbocycles. The summed E-state index contributed by atoms with van der Waals surface area (Å²) >= 11 is 8.79. The van der Waals surface area contributed by atoms with Crippen molar-refractivity contribution in [3.05, 3.63) is 108 Å². The monoisotopic (exact) mass is 647 g/mol. The number of nitrogens with zero attached hydrogens (tertiary/aromatic N) is 2. The number of fused-ring (bicyclic) bond motifs is 1. The molecule has 0 fully saturated rings. The zero-order valence-electron chi connectivity index (χ0n) is 20.3. The highest BCUT2D eigenvalue weighted by Gasteiger charge is 2.25. The lowest BCUT2D eigenvalue weighted by Gasteiger charge is -2.13. The van der Waals surface area contributed by atoms with E-state index in [4.69, 9.17) is 15.0 Å². The number of thiophene rings is 1. The number of amides is 1. The molecule has 1 heterocycles. The van der Waals surface area contributed by atoms with Gasteiger partial charge in [-0.2, -0.15) is 5.26 Å². The molecule has 0 atom stereocenters. The Kier molecular flexibility index (Phi) is 8.38. The molecule has 1 N–H and O–H groups in total. The predicted octanol–water partition coefficient (Wildman–Crippen LogP) is 8.61. The zero-order valence-corrected chi connectivity index (χ0v) is 24.3. The van der Waals surface area contributed by atoms with Crippen LogP contribution in [0.1, 0.15) is 50.3 Å². The first-order chi connectivity index (χ1) is 18.5. The maximum absolute atomic E-state index is 13.4. The standard InChI is InChI=1S/C30H23Br2N3O2S/c31-22-14-21(28(25(32)15-22)37-18-20-12-10-19(16-33)11-13-20)17-34-30-27(24-8-4-5-9-26(24)38-30)29(36)35-23-6-2-1-3-7-23/h1-3,6-7,10-15,17H,4-5,8-9,18H2,(H,35,36). The number of aryl methyl sites for hydroxylation is 1. The summed E-state index contributed by atoms with van der Waals surface area (Å²) in [6, 6.07) is 22.8. The van der Waals surface area contributed by atoms with E-state index >= 15 is 0 Å². The van der Waals surface area contributed by atoms with Crippen LogP contribution >= 0.6 is 43.2 Å². The molecule has 0 radical (unpaired) electrons. The summed E-state index contributed by atoms with van der Waals surface area (Å²) in [4.78, 5) is 19.5. The summed E-state index contributed by atoms with van der Waals surface area (Å²) in [7, 11) is 0. The fourth-order valence-corrected chi connectivity index (χ4v) is 6.98. The van der Waals surface area contributed by atoms with Gasteiger partial charge in [0.25, 0.3) is 5.91 Å². The van der Waals surface area contributed by atoms with Crippen molar-refractivity contribution in [3.8, 4) is 11.8 Å². The van der Waals surface area contributed by atoms with E-state index < -0.39 is 0 Å². The molecule has 8 heteroatoms. The third kappa shape index (κ3) is 6.07. The van der Waals surface area contributed by atoms with Crippen molar-refractivity contribution in [3.63, 3.8) is 0 Å². The smallest absolute Gasteiger partial charge is 0.259 e. The van der Waals surface area contributed by atoms with Crippen molar-refractivity contribution in [1.82, 2.24) is 0 Å². The highest BCUT2D eigenvalue weighted by atomic mass is 79.9. The number of aliphatic imine (C=N–C) groups is 1. The summed E-state index contributed by atoms with van der Waals surface area (Å²) in [6.45, 7) is 0.338. The summed E-state index contributed by atoms with van der Waals surface area (Å²) < 4.78 is 7.86. The largest absolute Gasteiger partial charge is 0.487 e. The zero-order chi connectivity index (χ0) is 26.5. The lowest BCUT2D eigenvalue weighted by Crippen LogP contribution is -2.14. The van der Waals surface area contributed by atoms with E-state index in [1.807, 2.05) is 54.6 Å². The van der Waals surface area contributed by atoms with Crippen LogP contribution in [0.3, 0.4) is 0 Å². The van der Waals surface area contributed by atoms with Crippen molar-refractivity contribution >= 4 is 66.0 Å². The van der Waals surface area contributed by atoms with E-state index in [1.54, 1.807) is 29.7 Å². The van der Waals surface area contributed by atoms with Crippen LogP contribution in [0.2, 0.25) is 0 Å². The maximum atomic E-state index is 13.4. The predicted molar refractivity (Wildman–Crippen MR) is 160 cm³/mol. The highest BCUT2D eigenvalue weighted by Crippen LogP contribution is 2.41. The van der Waals surface area contributed by atoms with E-state index in [9.17, 15) is 4.79 Å². The number of carbonyl (C=O) groups is 1. The average molecular weight is 649 g/mol. The molecule has 0 aliphatic heterocycles. The fourth-order valence-electron chi connectivity index (χ4n) is 4.38. The van der Waals surface area contributed by atoms with Crippen LogP contribution in [0.4, 0.5) is 10.7 Å². The second-order valence-electron chi connectivity index (χ2n) is 8.87. The summed E-state index contributed by atoms with van der Waals surface area (Å²) in [6.07, 6.45) is 5.83. The molecule has 1 amide bonds. The number of carbonyl (C=O) groups excluding carboxylic acids is 1. The molecule has 0 saturated carbocycles. The molecule has 4 aromatic rings. The Hall–Kier alpha value is -3.25. The third-order valence-electron chi connectivity index (χ3n) is 6.24. The van der Waals surface area contributed by atoms with Gasteiger partial charge in [-0.05, 0) is 89.1 Å². The molecule has 0 spiro atoms. The number of rotatable bonds is 7. The van der Waals surface area contributed by atoms with E-state index in [0.29, 0.717) is 28.5 Å². The summed E-state index contributed by atoms with van der Waals surface area (Å²) in [5, 5.41) is 12.8. The Bertz CT molecular complexity index is 1540. The second-order valence-corrected chi connectivity index (χ2v) is 11.7. The van der Waals surface area contributed by atoms with Gasteiger partial charge in [0.05, 0.1) is 21.7 Å². The van der Waals surface area contributed by atoms with Crippen LogP contribution < -0.4 is 10.1 Å². The molecule has 38 heavy (non-hydrogen) atoms. The number of nitrogens with one attached hydrogen (secondary N) is 1. The first kappa shape index (κ1) is 26.4. The van der Waals surface area contributed by atoms with Crippen LogP contribution in [0.25, 0.3) is 0 Å². The molecular weight excluding hydrogens is 626 g/mol. The average Bonchev–Trinajstić information content (AvgIpc) is 3.30. The molecular formula is C30H23Br2N3O2S. The van der Waals surface area contributed by atoms with Crippen molar-refractivity contribution in [1.29, 1.82) is 5.26 Å². The van der Waals surface area contributed by atoms with Crippen molar-refractivity contribution in [2.24, 2.45) is 4.99 Å². The number of para-hydroxylation sites is 1. The van der Waals surface area contributed by atoms with Crippen molar-refractivity contribution < 1.29 is 9.53 Å². The van der Waals surface area contributed by atoms with E-state index in [1.165, 1.54) is 4.88 Å². The Morgan fingerprint density at radius 1 is 1.08 bits per heavy atom. The molecule has 3 aromatic carbocycles. The number of ether oxygens (including phenoxy) is 1. The van der Waals surface area contributed by atoms with Crippen LogP contribution in [0.15, 0.2) is 80.7 Å². The van der Waals surface area contributed by atoms with E-state index in [-0.39, 0.29) is 5.91 Å². The molecule has 0 bridgehead atoms. The van der Waals surface area contributed by atoms with Gasteiger partial charge in [-0.25, -0.2) is 4.99 Å². The number of anilines is 1. The Morgan fingerprint density at radius 3 is 2.61 bits per heavy atom. The highest BCUT2D eigenvalue weighted by molar-refractivity contribution is 9.11. The minimum Gasteiger partial charge on any atom is -0.487 e. The fraction of sp³-hybridized carbons (Fsp3) is 0.167. The van der Waals surface area contributed by atoms with Crippen molar-refractivity contribution in [2.45, 2.75) is 32.3 Å². The second kappa shape index (κ2) is 12.1. The molecule has 1 aliphatic rings. The van der Waals surface area contributed by atoms with Crippen LogP contribution in [-0.4, -0.2) is 12.1 Å². The SMILES string of the molecule is N#Cc1ccc(COc2c(Br)cc(Br)cc2C=Nc2sc3c(c2C(=O)Nc2ccccc2)CCCC3)cc1. The van der Waals surface area contributed by atoms with Gasteiger partial charge in [0.2, 0.25) is 0 Å². The van der Waals surface area contributed by atoms with Crippen LogP contribution in [0, 0.1) is 11.3 Å². The van der Waals surface area contributed by atoms with Gasteiger partial charge in [0.15, 0.2) is 0 Å². The topological polar surface area (TPSA) is 74.5 Å². The normalized spacial score (nSPS) is 12.7. The lowest BCUT2D eigenvalue weighted by molar-refractivity contribution is 0.102. The maximum Gasteiger partial charge on any atom is 0.259 e. The van der Waals surface area contributed by atoms with E-state index in [2.05, 4.69) is 43.2 Å². The van der Waals surface area contributed by atoms with Gasteiger partial charge < -0.3 is 10.1 Å². The Morgan fingerprint density at radius 2 is 1.84 bits per heavy atom. The molecule has 0 unspecified atom stereocenters. The molecule has 5 rings (SSSR count). The first-order valence-corrected chi connectivity index (χ1v) is 14.6. The first-order valence-electron chi connectivity index (χ1n) is 12.2. The quantitative estimate of drug-likeness (QED) is 0.204. The number of nitriles is 1. The summed E-state index contributed by atoms with van der Waals surface area (Å²) in [5.41, 5.74) is 4.89. The minimum atomic E-state index is -0.129. The number of halogens is 2. The third-order valence-corrected chi connectivity index (χ3v) is 8.48. The Balaban J connectivity index is 1.45. The van der Waals surface area contributed by atoms with Gasteiger partial charge in [-0.1, -0.05) is 46.3 Å². The van der Waals surface area contributed by atoms with Gasteiger partial charge in [0.1, 0.15) is 17.4 Å². The van der Waals surface area contributed by atoms with E-state index in [0.717, 1.165) is 57.0 Å². The number of hydrogen-bond donors (Lipinski definition) is 1. The summed E-state index contributed by atoms with van der Waals surface area (Å²) in [5.74, 6) is 0.522. The minimum absolute atomic E-state index is 0.129. The number of benzene rings is 3. The lowest BCUT2D eigenvalue weighted by atomic mass is 9.95. The van der Waals surface area contributed by atoms with Gasteiger partial charge in [-0.15, -0.1) is 11.3 Å². The van der Waals surface area contributed by atoms with Gasteiger partial charge >= 0.3 is 0 Å². The van der Waals surface area contributed by atoms with Crippen molar-refractivity contribution in [2.75, 3.05) is 5.32 Å².